The number of carbonyl (C=O) groups is 2. The molecule has 1 atom stereocenters. The topological polar surface area (TPSA) is 77.8 Å². The van der Waals surface area contributed by atoms with E-state index in [9.17, 15) is 9.59 Å². The van der Waals surface area contributed by atoms with E-state index in [1.54, 1.807) is 13.0 Å². The number of nitrogens with one attached hydrogen (secondary N) is 1. The molecule has 28 heavy (non-hydrogen) atoms. The van der Waals surface area contributed by atoms with Gasteiger partial charge in [-0.2, -0.15) is 12.6 Å². The number of ether oxygens (including phenoxy) is 2. The first-order valence-corrected chi connectivity index (χ1v) is 9.52. The number of rotatable bonds is 8. The molecule has 1 N–H and O–H groups in total. The van der Waals surface area contributed by atoms with Gasteiger partial charge in [0.25, 0.3) is 5.91 Å². The molecule has 0 saturated carbocycles. The zero-order valence-electron chi connectivity index (χ0n) is 15.4. The van der Waals surface area contributed by atoms with E-state index in [2.05, 4.69) is 17.9 Å². The van der Waals surface area contributed by atoms with E-state index < -0.39 is 17.9 Å². The van der Waals surface area contributed by atoms with Crippen molar-refractivity contribution >= 4 is 35.3 Å². The smallest absolute Gasteiger partial charge is 0.329 e. The van der Waals surface area contributed by atoms with Crippen molar-refractivity contribution in [2.75, 3.05) is 12.4 Å². The van der Waals surface area contributed by atoms with Crippen LogP contribution < -0.4 is 10.1 Å². The van der Waals surface area contributed by atoms with Crippen LogP contribution in [0.5, 0.6) is 5.75 Å². The summed E-state index contributed by atoms with van der Waals surface area (Å²) in [5.74, 6) is 0.383. The number of benzene rings is 2. The third-order valence-corrected chi connectivity index (χ3v) is 4.41. The van der Waals surface area contributed by atoms with Crippen LogP contribution in [0.4, 0.5) is 0 Å². The number of fused-ring (bicyclic) bond motifs is 1. The van der Waals surface area contributed by atoms with Gasteiger partial charge in [-0.1, -0.05) is 30.3 Å². The lowest BCUT2D eigenvalue weighted by atomic mass is 10.1. The second-order valence-corrected chi connectivity index (χ2v) is 6.39. The summed E-state index contributed by atoms with van der Waals surface area (Å²) in [4.78, 5) is 24.0. The van der Waals surface area contributed by atoms with Gasteiger partial charge < -0.3 is 19.2 Å². The van der Waals surface area contributed by atoms with E-state index in [0.29, 0.717) is 11.5 Å². The molecular weight excluding hydrogens is 378 g/mol. The van der Waals surface area contributed by atoms with Crippen LogP contribution in [-0.4, -0.2) is 30.3 Å². The molecule has 0 aliphatic rings. The van der Waals surface area contributed by atoms with E-state index in [1.807, 2.05) is 42.5 Å². The Kier molecular flexibility index (Phi) is 6.60. The molecule has 0 saturated heterocycles. The first-order chi connectivity index (χ1) is 13.6. The third-order valence-electron chi connectivity index (χ3n) is 4.05. The Balaban J connectivity index is 1.59. The number of hydrogen-bond donors (Lipinski definition) is 2. The highest BCUT2D eigenvalue weighted by Crippen LogP contribution is 2.21. The van der Waals surface area contributed by atoms with E-state index in [4.69, 9.17) is 13.9 Å². The van der Waals surface area contributed by atoms with Crippen molar-refractivity contribution in [3.63, 3.8) is 0 Å². The van der Waals surface area contributed by atoms with Crippen LogP contribution in [0.2, 0.25) is 0 Å². The van der Waals surface area contributed by atoms with Gasteiger partial charge in [-0.15, -0.1) is 0 Å². The molecular formula is C21H21NO5S. The minimum atomic E-state index is -0.835. The monoisotopic (exact) mass is 399 g/mol. The summed E-state index contributed by atoms with van der Waals surface area (Å²) >= 11 is 4.07. The van der Waals surface area contributed by atoms with Crippen molar-refractivity contribution in [1.82, 2.24) is 5.32 Å². The molecule has 0 aliphatic carbocycles. The first-order valence-electron chi connectivity index (χ1n) is 8.89. The van der Waals surface area contributed by atoms with E-state index in [0.717, 1.165) is 10.8 Å². The van der Waals surface area contributed by atoms with Gasteiger partial charge in [0.15, 0.2) is 5.76 Å². The summed E-state index contributed by atoms with van der Waals surface area (Å²) in [6, 6.07) is 16.2. The van der Waals surface area contributed by atoms with Gasteiger partial charge in [0.05, 0.1) is 6.61 Å². The van der Waals surface area contributed by atoms with Crippen molar-refractivity contribution in [1.29, 1.82) is 0 Å². The number of carbonyl (C=O) groups excluding carboxylic acids is 2. The van der Waals surface area contributed by atoms with Gasteiger partial charge in [0.2, 0.25) is 0 Å². The van der Waals surface area contributed by atoms with E-state index in [-0.39, 0.29) is 24.7 Å². The summed E-state index contributed by atoms with van der Waals surface area (Å²) in [5, 5.41) is 4.76. The number of esters is 1. The lowest BCUT2D eigenvalue weighted by molar-refractivity contribution is -0.144. The van der Waals surface area contributed by atoms with Crippen LogP contribution in [0.25, 0.3) is 10.8 Å². The fourth-order valence-electron chi connectivity index (χ4n) is 2.64. The maximum atomic E-state index is 12.3. The summed E-state index contributed by atoms with van der Waals surface area (Å²) in [5.41, 5.74) is 0. The number of thiol groups is 1. The Morgan fingerprint density at radius 1 is 1.11 bits per heavy atom. The summed E-state index contributed by atoms with van der Waals surface area (Å²) in [6.07, 6.45) is 0. The maximum absolute atomic E-state index is 12.3. The lowest BCUT2D eigenvalue weighted by Gasteiger charge is -2.13. The van der Waals surface area contributed by atoms with Crippen LogP contribution in [-0.2, 0) is 16.1 Å². The van der Waals surface area contributed by atoms with E-state index in [1.165, 1.54) is 6.07 Å². The molecule has 7 heteroatoms. The average Bonchev–Trinajstić information content (AvgIpc) is 3.19. The van der Waals surface area contributed by atoms with Crippen molar-refractivity contribution in [3.05, 3.63) is 66.1 Å². The van der Waals surface area contributed by atoms with Gasteiger partial charge >= 0.3 is 5.97 Å². The second kappa shape index (κ2) is 9.32. The van der Waals surface area contributed by atoms with Crippen LogP contribution >= 0.6 is 12.6 Å². The number of hydrogen-bond acceptors (Lipinski definition) is 6. The minimum absolute atomic E-state index is 0.0909. The zero-order chi connectivity index (χ0) is 19.9. The molecule has 2 aromatic carbocycles. The van der Waals surface area contributed by atoms with Crippen LogP contribution in [0.15, 0.2) is 59.0 Å². The molecule has 0 fully saturated rings. The summed E-state index contributed by atoms with van der Waals surface area (Å²) in [6.45, 7) is 2.11. The Morgan fingerprint density at radius 3 is 2.64 bits per heavy atom. The Morgan fingerprint density at radius 2 is 1.89 bits per heavy atom. The largest absolute Gasteiger partial charge is 0.486 e. The SMILES string of the molecule is CCOC(=O)[C@H](CS)NC(=O)c1ccc(COc2ccc3ccccc3c2)o1. The van der Waals surface area contributed by atoms with Crippen molar-refractivity contribution in [2.45, 2.75) is 19.6 Å². The normalized spacial score (nSPS) is 11.8. The Hall–Kier alpha value is -2.93. The van der Waals surface area contributed by atoms with Crippen molar-refractivity contribution in [3.8, 4) is 5.75 Å². The average molecular weight is 399 g/mol. The lowest BCUT2D eigenvalue weighted by Crippen LogP contribution is -2.43. The van der Waals surface area contributed by atoms with Crippen LogP contribution in [0, 0.1) is 0 Å². The molecule has 0 bridgehead atoms. The number of furan rings is 1. The molecule has 1 aromatic heterocycles. The molecule has 0 unspecified atom stereocenters. The zero-order valence-corrected chi connectivity index (χ0v) is 16.3. The van der Waals surface area contributed by atoms with Gasteiger partial charge in [-0.25, -0.2) is 4.79 Å². The fraction of sp³-hybridized carbons (Fsp3) is 0.238. The Labute approximate surface area is 168 Å². The number of amides is 1. The molecule has 146 valence electrons. The second-order valence-electron chi connectivity index (χ2n) is 6.02. The molecule has 0 aliphatic heterocycles. The van der Waals surface area contributed by atoms with Gasteiger partial charge in [0, 0.05) is 5.75 Å². The van der Waals surface area contributed by atoms with Gasteiger partial charge in [-0.3, -0.25) is 4.79 Å². The standard InChI is InChI=1S/C21H21NO5S/c1-2-25-21(24)18(13-28)22-20(23)19-10-9-17(27-19)12-26-16-8-7-14-5-3-4-6-15(14)11-16/h3-11,18,28H,2,12-13H2,1H3,(H,22,23)/t18-/m0/s1. The maximum Gasteiger partial charge on any atom is 0.329 e. The van der Waals surface area contributed by atoms with Crippen LogP contribution in [0.3, 0.4) is 0 Å². The summed E-state index contributed by atoms with van der Waals surface area (Å²) < 4.78 is 16.2. The first kappa shape index (κ1) is 19.8. The molecule has 3 rings (SSSR count). The quantitative estimate of drug-likeness (QED) is 0.447. The highest BCUT2D eigenvalue weighted by atomic mass is 32.1. The fourth-order valence-corrected chi connectivity index (χ4v) is 2.88. The molecule has 6 nitrogen and oxygen atoms in total. The summed E-state index contributed by atoms with van der Waals surface area (Å²) in [7, 11) is 0. The Bertz CT molecular complexity index is 968. The third kappa shape index (κ3) is 4.86. The minimum Gasteiger partial charge on any atom is -0.486 e. The predicted octanol–water partition coefficient (Wildman–Crippen LogP) is 3.60. The van der Waals surface area contributed by atoms with Gasteiger partial charge in [-0.05, 0) is 42.0 Å². The molecule has 0 radical (unpaired) electrons. The van der Waals surface area contributed by atoms with E-state index >= 15 is 0 Å². The van der Waals surface area contributed by atoms with Crippen molar-refractivity contribution in [2.24, 2.45) is 0 Å². The van der Waals surface area contributed by atoms with Crippen molar-refractivity contribution < 1.29 is 23.5 Å². The molecule has 1 amide bonds. The van der Waals surface area contributed by atoms with Crippen LogP contribution in [0.1, 0.15) is 23.2 Å². The predicted molar refractivity (Wildman–Crippen MR) is 109 cm³/mol. The molecule has 1 heterocycles. The molecule has 3 aromatic rings. The highest BCUT2D eigenvalue weighted by molar-refractivity contribution is 7.80. The molecule has 0 spiro atoms. The van der Waals surface area contributed by atoms with Gasteiger partial charge in [0.1, 0.15) is 24.2 Å². The highest BCUT2D eigenvalue weighted by Gasteiger charge is 2.22.